The van der Waals surface area contributed by atoms with Crippen molar-refractivity contribution in [2.75, 3.05) is 18.1 Å². The Labute approximate surface area is 224 Å². The van der Waals surface area contributed by atoms with E-state index in [1.54, 1.807) is 36.4 Å². The SMILES string of the molecule is CCOc1ccc(C2/C(=C(/O)c3cccc(OCC(C)C)c3)C(=O)C(=O)N2c2ccc(C(C)C)cc2)cc1. The maximum atomic E-state index is 13.5. The quantitative estimate of drug-likeness (QED) is 0.192. The molecular weight excluding hydrogens is 478 g/mol. The lowest BCUT2D eigenvalue weighted by atomic mass is 9.94. The number of benzene rings is 3. The lowest BCUT2D eigenvalue weighted by Crippen LogP contribution is -2.29. The fourth-order valence-electron chi connectivity index (χ4n) is 4.50. The van der Waals surface area contributed by atoms with Crippen LogP contribution >= 0.6 is 0 Å². The number of ketones is 1. The van der Waals surface area contributed by atoms with Gasteiger partial charge in [0.25, 0.3) is 11.7 Å². The number of hydrogen-bond acceptors (Lipinski definition) is 5. The first-order valence-electron chi connectivity index (χ1n) is 13.1. The standard InChI is InChI=1S/C32H35NO5/c1-6-37-26-16-12-23(13-17-26)29-28(30(34)24-8-7-9-27(18-24)38-19-20(2)3)31(35)32(36)33(29)25-14-10-22(11-15-25)21(4)5/h7-18,20-21,29,34H,6,19H2,1-5H3/b30-28-. The summed E-state index contributed by atoms with van der Waals surface area (Å²) in [6, 6.07) is 21.0. The summed E-state index contributed by atoms with van der Waals surface area (Å²) in [5.41, 5.74) is 2.85. The molecule has 38 heavy (non-hydrogen) atoms. The van der Waals surface area contributed by atoms with Crippen molar-refractivity contribution in [3.8, 4) is 11.5 Å². The molecule has 0 bridgehead atoms. The first kappa shape index (κ1) is 27.0. The van der Waals surface area contributed by atoms with Crippen LogP contribution in [0.25, 0.3) is 5.76 Å². The van der Waals surface area contributed by atoms with Crippen molar-refractivity contribution in [1.82, 2.24) is 0 Å². The van der Waals surface area contributed by atoms with Gasteiger partial charge in [0.05, 0.1) is 24.8 Å². The summed E-state index contributed by atoms with van der Waals surface area (Å²) < 4.78 is 11.4. The highest BCUT2D eigenvalue weighted by molar-refractivity contribution is 6.51. The minimum Gasteiger partial charge on any atom is -0.507 e. The Balaban J connectivity index is 1.84. The van der Waals surface area contributed by atoms with Crippen LogP contribution in [-0.4, -0.2) is 30.0 Å². The second-order valence-electron chi connectivity index (χ2n) is 10.2. The van der Waals surface area contributed by atoms with Crippen molar-refractivity contribution < 1.29 is 24.2 Å². The van der Waals surface area contributed by atoms with Crippen LogP contribution in [-0.2, 0) is 9.59 Å². The van der Waals surface area contributed by atoms with Gasteiger partial charge in [-0.25, -0.2) is 0 Å². The molecule has 1 heterocycles. The molecule has 1 saturated heterocycles. The summed E-state index contributed by atoms with van der Waals surface area (Å²) in [7, 11) is 0. The molecule has 1 aliphatic rings. The molecule has 1 amide bonds. The number of anilines is 1. The van der Waals surface area contributed by atoms with Crippen LogP contribution in [0.4, 0.5) is 5.69 Å². The number of rotatable bonds is 9. The average molecular weight is 514 g/mol. The van der Waals surface area contributed by atoms with Gasteiger partial charge in [-0.3, -0.25) is 14.5 Å². The van der Waals surface area contributed by atoms with Crippen LogP contribution in [0, 0.1) is 5.92 Å². The summed E-state index contributed by atoms with van der Waals surface area (Å²) in [4.78, 5) is 28.4. The van der Waals surface area contributed by atoms with E-state index < -0.39 is 17.7 Å². The maximum absolute atomic E-state index is 13.5. The third-order valence-electron chi connectivity index (χ3n) is 6.48. The van der Waals surface area contributed by atoms with Gasteiger partial charge in [-0.2, -0.15) is 0 Å². The van der Waals surface area contributed by atoms with Crippen molar-refractivity contribution in [2.24, 2.45) is 5.92 Å². The molecule has 198 valence electrons. The van der Waals surface area contributed by atoms with Crippen LogP contribution < -0.4 is 14.4 Å². The Morgan fingerprint density at radius 3 is 2.18 bits per heavy atom. The molecule has 0 saturated carbocycles. The van der Waals surface area contributed by atoms with E-state index in [0.717, 1.165) is 5.56 Å². The van der Waals surface area contributed by atoms with Gasteiger partial charge in [-0.1, -0.05) is 64.1 Å². The molecular formula is C32H35NO5. The molecule has 3 aromatic rings. The van der Waals surface area contributed by atoms with Gasteiger partial charge >= 0.3 is 0 Å². The van der Waals surface area contributed by atoms with Crippen molar-refractivity contribution in [3.63, 3.8) is 0 Å². The smallest absolute Gasteiger partial charge is 0.300 e. The van der Waals surface area contributed by atoms with E-state index in [1.807, 2.05) is 43.3 Å². The molecule has 0 radical (unpaired) electrons. The monoisotopic (exact) mass is 513 g/mol. The zero-order chi connectivity index (χ0) is 27.4. The van der Waals surface area contributed by atoms with Gasteiger partial charge in [-0.05, 0) is 66.3 Å². The molecule has 1 unspecified atom stereocenters. The topological polar surface area (TPSA) is 76.1 Å². The van der Waals surface area contributed by atoms with Crippen LogP contribution in [0.1, 0.15) is 63.3 Å². The van der Waals surface area contributed by atoms with Crippen LogP contribution in [0.5, 0.6) is 11.5 Å². The van der Waals surface area contributed by atoms with Crippen molar-refractivity contribution in [3.05, 3.63) is 95.1 Å². The van der Waals surface area contributed by atoms with Gasteiger partial charge in [0, 0.05) is 11.3 Å². The average Bonchev–Trinajstić information content (AvgIpc) is 3.18. The molecule has 1 fully saturated rings. The fraction of sp³-hybridized carbons (Fsp3) is 0.312. The number of amides is 1. The van der Waals surface area contributed by atoms with Crippen molar-refractivity contribution >= 4 is 23.1 Å². The second-order valence-corrected chi connectivity index (χ2v) is 10.2. The number of nitrogens with zero attached hydrogens (tertiary/aromatic N) is 1. The van der Waals surface area contributed by atoms with Gasteiger partial charge in [0.1, 0.15) is 17.3 Å². The Hall–Kier alpha value is -4.06. The first-order chi connectivity index (χ1) is 18.2. The molecule has 0 spiro atoms. The molecule has 0 aliphatic carbocycles. The zero-order valence-electron chi connectivity index (χ0n) is 22.6. The number of aliphatic hydroxyl groups excluding tert-OH is 1. The first-order valence-corrected chi connectivity index (χ1v) is 13.1. The minimum atomic E-state index is -0.809. The third-order valence-corrected chi connectivity index (χ3v) is 6.48. The zero-order valence-corrected chi connectivity index (χ0v) is 22.6. The Bertz CT molecular complexity index is 1320. The number of ether oxygens (including phenoxy) is 2. The van der Waals surface area contributed by atoms with E-state index in [9.17, 15) is 14.7 Å². The van der Waals surface area contributed by atoms with Crippen LogP contribution in [0.15, 0.2) is 78.4 Å². The number of hydrogen-bond donors (Lipinski definition) is 1. The highest BCUT2D eigenvalue weighted by atomic mass is 16.5. The lowest BCUT2D eigenvalue weighted by molar-refractivity contribution is -0.132. The van der Waals surface area contributed by atoms with Gasteiger partial charge in [0.15, 0.2) is 0 Å². The van der Waals surface area contributed by atoms with E-state index in [2.05, 4.69) is 27.7 Å². The number of carbonyl (C=O) groups is 2. The normalized spacial score (nSPS) is 16.9. The molecule has 3 aromatic carbocycles. The molecule has 6 heteroatoms. The van der Waals surface area contributed by atoms with E-state index in [-0.39, 0.29) is 11.3 Å². The molecule has 0 aromatic heterocycles. The fourth-order valence-corrected chi connectivity index (χ4v) is 4.50. The third kappa shape index (κ3) is 5.59. The van der Waals surface area contributed by atoms with Gasteiger partial charge in [0.2, 0.25) is 0 Å². The minimum absolute atomic E-state index is 0.0353. The largest absolute Gasteiger partial charge is 0.507 e. The number of aliphatic hydroxyl groups is 1. The Kier molecular flexibility index (Phi) is 8.20. The molecule has 1 aliphatic heterocycles. The highest BCUT2D eigenvalue weighted by Gasteiger charge is 2.47. The predicted octanol–water partition coefficient (Wildman–Crippen LogP) is 6.87. The van der Waals surface area contributed by atoms with Crippen molar-refractivity contribution in [2.45, 2.75) is 46.6 Å². The van der Waals surface area contributed by atoms with Gasteiger partial charge < -0.3 is 14.6 Å². The number of Topliss-reactive ketones (excluding diaryl/α,β-unsaturated/α-hetero) is 1. The summed E-state index contributed by atoms with van der Waals surface area (Å²) >= 11 is 0. The molecule has 1 N–H and O–H groups in total. The Morgan fingerprint density at radius 1 is 0.895 bits per heavy atom. The summed E-state index contributed by atoms with van der Waals surface area (Å²) in [5, 5.41) is 11.5. The summed E-state index contributed by atoms with van der Waals surface area (Å²) in [5.74, 6) is 0.269. The molecule has 6 nitrogen and oxygen atoms in total. The summed E-state index contributed by atoms with van der Waals surface area (Å²) in [6.45, 7) is 11.2. The summed E-state index contributed by atoms with van der Waals surface area (Å²) in [6.07, 6.45) is 0. The van der Waals surface area contributed by atoms with Crippen molar-refractivity contribution in [1.29, 1.82) is 0 Å². The second kappa shape index (κ2) is 11.5. The predicted molar refractivity (Wildman–Crippen MR) is 150 cm³/mol. The van der Waals surface area contributed by atoms with E-state index >= 15 is 0 Å². The number of carbonyl (C=O) groups excluding carboxylic acids is 2. The van der Waals surface area contributed by atoms with Crippen LogP contribution in [0.3, 0.4) is 0 Å². The Morgan fingerprint density at radius 2 is 1.58 bits per heavy atom. The maximum Gasteiger partial charge on any atom is 0.300 e. The van der Waals surface area contributed by atoms with E-state index in [0.29, 0.717) is 53.4 Å². The van der Waals surface area contributed by atoms with E-state index in [1.165, 1.54) is 4.90 Å². The van der Waals surface area contributed by atoms with Gasteiger partial charge in [-0.15, -0.1) is 0 Å². The van der Waals surface area contributed by atoms with Crippen LogP contribution in [0.2, 0.25) is 0 Å². The molecule has 4 rings (SSSR count). The highest BCUT2D eigenvalue weighted by Crippen LogP contribution is 2.43. The van der Waals surface area contributed by atoms with E-state index in [4.69, 9.17) is 9.47 Å². The lowest BCUT2D eigenvalue weighted by Gasteiger charge is -2.26. The molecule has 1 atom stereocenters.